The summed E-state index contributed by atoms with van der Waals surface area (Å²) in [5.74, 6) is 0.438. The highest BCUT2D eigenvalue weighted by molar-refractivity contribution is 7.20. The molecule has 0 saturated heterocycles. The zero-order chi connectivity index (χ0) is 11.7. The van der Waals surface area contributed by atoms with Crippen LogP contribution in [0.1, 0.15) is 0 Å². The van der Waals surface area contributed by atoms with Crippen molar-refractivity contribution in [2.75, 3.05) is 12.4 Å². The van der Waals surface area contributed by atoms with Gasteiger partial charge in [0.15, 0.2) is 0 Å². The molecule has 0 aliphatic rings. The average Bonchev–Trinajstić information content (AvgIpc) is 3.09. The van der Waals surface area contributed by atoms with Gasteiger partial charge in [-0.15, -0.1) is 27.8 Å². The SMILES string of the molecule is CNc1nnc(-c2csc(-c3cccs3)n2)o1. The lowest BCUT2D eigenvalue weighted by Gasteiger charge is -1.88. The van der Waals surface area contributed by atoms with Crippen LogP contribution >= 0.6 is 22.7 Å². The Labute approximate surface area is 105 Å². The van der Waals surface area contributed by atoms with Crippen LogP contribution in [-0.4, -0.2) is 22.2 Å². The number of nitrogens with one attached hydrogen (secondary N) is 1. The Morgan fingerprint density at radius 3 is 2.94 bits per heavy atom. The van der Waals surface area contributed by atoms with Crippen LogP contribution in [0.2, 0.25) is 0 Å². The molecule has 3 heterocycles. The molecule has 7 heteroatoms. The second kappa shape index (κ2) is 4.27. The van der Waals surface area contributed by atoms with E-state index in [1.165, 1.54) is 0 Å². The van der Waals surface area contributed by atoms with Crippen molar-refractivity contribution in [2.45, 2.75) is 0 Å². The van der Waals surface area contributed by atoms with Crippen molar-refractivity contribution in [3.63, 3.8) is 0 Å². The second-order valence-electron chi connectivity index (χ2n) is 3.18. The van der Waals surface area contributed by atoms with Gasteiger partial charge < -0.3 is 9.73 Å². The van der Waals surface area contributed by atoms with E-state index in [-0.39, 0.29) is 0 Å². The smallest absolute Gasteiger partial charge is 0.315 e. The molecule has 0 aromatic carbocycles. The third-order valence-electron chi connectivity index (χ3n) is 2.09. The van der Waals surface area contributed by atoms with E-state index < -0.39 is 0 Å². The summed E-state index contributed by atoms with van der Waals surface area (Å²) in [4.78, 5) is 5.62. The Balaban J connectivity index is 1.94. The highest BCUT2D eigenvalue weighted by atomic mass is 32.1. The molecule has 0 atom stereocenters. The highest BCUT2D eigenvalue weighted by Crippen LogP contribution is 2.31. The Hall–Kier alpha value is -1.73. The number of anilines is 1. The van der Waals surface area contributed by atoms with E-state index in [1.54, 1.807) is 29.7 Å². The van der Waals surface area contributed by atoms with Crippen LogP contribution in [0, 0.1) is 0 Å². The van der Waals surface area contributed by atoms with E-state index in [2.05, 4.69) is 20.5 Å². The van der Waals surface area contributed by atoms with Gasteiger partial charge in [-0.05, 0) is 11.4 Å². The fourth-order valence-electron chi connectivity index (χ4n) is 1.31. The first kappa shape index (κ1) is 10.4. The van der Waals surface area contributed by atoms with Crippen LogP contribution < -0.4 is 5.32 Å². The molecule has 1 N–H and O–H groups in total. The Kier molecular flexibility index (Phi) is 2.62. The predicted molar refractivity (Wildman–Crippen MR) is 68.3 cm³/mol. The van der Waals surface area contributed by atoms with Gasteiger partial charge >= 0.3 is 6.01 Å². The molecule has 0 unspecified atom stereocenters. The summed E-state index contributed by atoms with van der Waals surface area (Å²) in [5, 5.41) is 15.5. The summed E-state index contributed by atoms with van der Waals surface area (Å²) in [6, 6.07) is 4.44. The molecule has 0 radical (unpaired) electrons. The highest BCUT2D eigenvalue weighted by Gasteiger charge is 2.12. The first-order valence-corrected chi connectivity index (χ1v) is 6.64. The van der Waals surface area contributed by atoms with Crippen molar-refractivity contribution in [3.05, 3.63) is 22.9 Å². The molecule has 3 aromatic rings. The average molecular weight is 264 g/mol. The third kappa shape index (κ3) is 1.94. The molecule has 0 bridgehead atoms. The van der Waals surface area contributed by atoms with Crippen LogP contribution in [0.25, 0.3) is 21.5 Å². The summed E-state index contributed by atoms with van der Waals surface area (Å²) in [6.07, 6.45) is 0. The van der Waals surface area contributed by atoms with Crippen molar-refractivity contribution in [1.82, 2.24) is 15.2 Å². The van der Waals surface area contributed by atoms with E-state index in [4.69, 9.17) is 4.42 Å². The monoisotopic (exact) mass is 264 g/mol. The summed E-state index contributed by atoms with van der Waals surface area (Å²) in [5.41, 5.74) is 0.715. The van der Waals surface area contributed by atoms with Gasteiger partial charge in [0, 0.05) is 12.4 Å². The molecule has 0 aliphatic heterocycles. The van der Waals surface area contributed by atoms with E-state index in [0.717, 1.165) is 9.88 Å². The summed E-state index contributed by atoms with van der Waals surface area (Å²) in [7, 11) is 1.73. The fourth-order valence-corrected chi connectivity index (χ4v) is 2.92. The number of rotatable bonds is 3. The Bertz CT molecular complexity index is 614. The van der Waals surface area contributed by atoms with Crippen LogP contribution in [0.4, 0.5) is 6.01 Å². The topological polar surface area (TPSA) is 63.8 Å². The lowest BCUT2D eigenvalue weighted by Crippen LogP contribution is -1.85. The van der Waals surface area contributed by atoms with E-state index in [0.29, 0.717) is 17.6 Å². The minimum Gasteiger partial charge on any atom is -0.402 e. The number of hydrogen-bond donors (Lipinski definition) is 1. The number of thiazole rings is 1. The molecule has 0 spiro atoms. The lowest BCUT2D eigenvalue weighted by molar-refractivity contribution is 0.583. The molecule has 0 fully saturated rings. The fraction of sp³-hybridized carbons (Fsp3) is 0.100. The Morgan fingerprint density at radius 1 is 1.29 bits per heavy atom. The van der Waals surface area contributed by atoms with Crippen LogP contribution in [-0.2, 0) is 0 Å². The van der Waals surface area contributed by atoms with Gasteiger partial charge in [0.25, 0.3) is 5.89 Å². The van der Waals surface area contributed by atoms with Gasteiger partial charge in [0.1, 0.15) is 10.7 Å². The molecule has 3 rings (SSSR count). The minimum atomic E-state index is 0.394. The van der Waals surface area contributed by atoms with E-state index >= 15 is 0 Å². The van der Waals surface area contributed by atoms with Gasteiger partial charge in [-0.3, -0.25) is 0 Å². The van der Waals surface area contributed by atoms with Gasteiger partial charge in [-0.25, -0.2) is 4.98 Å². The maximum Gasteiger partial charge on any atom is 0.315 e. The second-order valence-corrected chi connectivity index (χ2v) is 4.98. The largest absolute Gasteiger partial charge is 0.402 e. The standard InChI is InChI=1S/C10H8N4OS2/c1-11-10-14-13-8(15-10)6-5-17-9(12-6)7-3-2-4-16-7/h2-5H,1H3,(H,11,14). The molecule has 17 heavy (non-hydrogen) atoms. The molecular weight excluding hydrogens is 256 g/mol. The van der Waals surface area contributed by atoms with Crippen molar-refractivity contribution in [3.8, 4) is 21.5 Å². The summed E-state index contributed by atoms with van der Waals surface area (Å²) >= 11 is 3.23. The van der Waals surface area contributed by atoms with Crippen molar-refractivity contribution >= 4 is 28.7 Å². The van der Waals surface area contributed by atoms with Gasteiger partial charge in [0.2, 0.25) is 0 Å². The van der Waals surface area contributed by atoms with Gasteiger partial charge in [0.05, 0.1) is 4.88 Å². The predicted octanol–water partition coefficient (Wildman–Crippen LogP) is 2.96. The summed E-state index contributed by atoms with van der Waals surface area (Å²) < 4.78 is 5.36. The molecule has 3 aromatic heterocycles. The molecule has 0 saturated carbocycles. The summed E-state index contributed by atoms with van der Waals surface area (Å²) in [6.45, 7) is 0. The third-order valence-corrected chi connectivity index (χ3v) is 3.98. The quantitative estimate of drug-likeness (QED) is 0.788. The van der Waals surface area contributed by atoms with Crippen molar-refractivity contribution in [1.29, 1.82) is 0 Å². The first-order chi connectivity index (χ1) is 8.36. The van der Waals surface area contributed by atoms with E-state index in [9.17, 15) is 0 Å². The van der Waals surface area contributed by atoms with Gasteiger partial charge in [-0.1, -0.05) is 11.2 Å². The zero-order valence-electron chi connectivity index (χ0n) is 8.88. The van der Waals surface area contributed by atoms with Crippen LogP contribution in [0.5, 0.6) is 0 Å². The molecule has 0 aliphatic carbocycles. The van der Waals surface area contributed by atoms with Crippen LogP contribution in [0.15, 0.2) is 27.3 Å². The number of thiophene rings is 1. The number of hydrogen-bond acceptors (Lipinski definition) is 7. The van der Waals surface area contributed by atoms with E-state index in [1.807, 2.05) is 22.9 Å². The lowest BCUT2D eigenvalue weighted by atomic mass is 10.4. The Morgan fingerprint density at radius 2 is 2.24 bits per heavy atom. The maximum atomic E-state index is 5.36. The zero-order valence-corrected chi connectivity index (χ0v) is 10.5. The number of aromatic nitrogens is 3. The molecule has 5 nitrogen and oxygen atoms in total. The number of nitrogens with zero attached hydrogens (tertiary/aromatic N) is 3. The first-order valence-electron chi connectivity index (χ1n) is 4.88. The molecule has 0 amide bonds. The van der Waals surface area contributed by atoms with Crippen molar-refractivity contribution in [2.24, 2.45) is 0 Å². The molecule has 86 valence electrons. The van der Waals surface area contributed by atoms with Gasteiger partial charge in [-0.2, -0.15) is 0 Å². The van der Waals surface area contributed by atoms with Crippen molar-refractivity contribution < 1.29 is 4.42 Å². The normalized spacial score (nSPS) is 10.6. The molecular formula is C10H8N4OS2. The van der Waals surface area contributed by atoms with Crippen LogP contribution in [0.3, 0.4) is 0 Å². The minimum absolute atomic E-state index is 0.394. The maximum absolute atomic E-state index is 5.36.